The molecule has 3 rings (SSSR count). The van der Waals surface area contributed by atoms with Gasteiger partial charge in [0.2, 0.25) is 5.95 Å². The Balaban J connectivity index is 1.82. The minimum absolute atomic E-state index is 0.628. The summed E-state index contributed by atoms with van der Waals surface area (Å²) in [7, 11) is 1.82. The second kappa shape index (κ2) is 4.90. The van der Waals surface area contributed by atoms with Crippen LogP contribution in [0.5, 0.6) is 0 Å². The fourth-order valence-corrected chi connectivity index (χ4v) is 3.09. The second-order valence-electron chi connectivity index (χ2n) is 4.89. The number of fused-ring (bicyclic) bond motifs is 1. The minimum atomic E-state index is 0.628. The van der Waals surface area contributed by atoms with E-state index in [1.807, 2.05) is 7.05 Å². The van der Waals surface area contributed by atoms with Gasteiger partial charge in [-0.25, -0.2) is 4.98 Å². The van der Waals surface area contributed by atoms with Crippen molar-refractivity contribution in [3.63, 3.8) is 0 Å². The summed E-state index contributed by atoms with van der Waals surface area (Å²) in [6.07, 6.45) is 4.28. The topological polar surface area (TPSA) is 44.3 Å². The van der Waals surface area contributed by atoms with Gasteiger partial charge < -0.3 is 10.2 Å². The van der Waals surface area contributed by atoms with E-state index in [4.69, 9.17) is 11.6 Å². The number of rotatable bonds is 2. The molecule has 3 heterocycles. The molecule has 2 aliphatic rings. The molecular weight excluding hydrogens is 250 g/mol. The van der Waals surface area contributed by atoms with E-state index in [0.29, 0.717) is 17.0 Å². The number of hydrogen-bond donors (Lipinski definition) is 1. The van der Waals surface area contributed by atoms with E-state index in [1.165, 1.54) is 19.4 Å². The van der Waals surface area contributed by atoms with Gasteiger partial charge in [0.25, 0.3) is 0 Å². The molecule has 2 saturated heterocycles. The zero-order valence-corrected chi connectivity index (χ0v) is 11.3. The molecule has 6 heteroatoms. The Labute approximate surface area is 112 Å². The molecule has 1 N–H and O–H groups in total. The molecule has 0 bridgehead atoms. The third kappa shape index (κ3) is 2.12. The first-order valence-corrected chi connectivity index (χ1v) is 6.85. The lowest BCUT2D eigenvalue weighted by molar-refractivity contribution is 0.230. The molecule has 18 heavy (non-hydrogen) atoms. The van der Waals surface area contributed by atoms with Crippen molar-refractivity contribution in [1.82, 2.24) is 14.9 Å². The summed E-state index contributed by atoms with van der Waals surface area (Å²) in [6, 6.07) is 0.669. The molecule has 1 unspecified atom stereocenters. The van der Waals surface area contributed by atoms with Gasteiger partial charge in [0.1, 0.15) is 5.02 Å². The van der Waals surface area contributed by atoms with Gasteiger partial charge in [0.15, 0.2) is 5.82 Å². The summed E-state index contributed by atoms with van der Waals surface area (Å²) in [5, 5.41) is 3.60. The zero-order valence-electron chi connectivity index (χ0n) is 10.6. The quantitative estimate of drug-likeness (QED) is 0.879. The van der Waals surface area contributed by atoms with E-state index in [-0.39, 0.29) is 0 Å². The smallest absolute Gasteiger partial charge is 0.224 e. The van der Waals surface area contributed by atoms with Gasteiger partial charge in [-0.3, -0.25) is 4.90 Å². The molecular formula is C12H18ClN5. The minimum Gasteiger partial charge on any atom is -0.357 e. The van der Waals surface area contributed by atoms with Gasteiger partial charge in [-0.1, -0.05) is 11.6 Å². The predicted octanol–water partition coefficient (Wildman–Crippen LogP) is 1.46. The van der Waals surface area contributed by atoms with Crippen LogP contribution in [0, 0.1) is 0 Å². The molecule has 0 radical (unpaired) electrons. The van der Waals surface area contributed by atoms with E-state index in [2.05, 4.69) is 25.1 Å². The van der Waals surface area contributed by atoms with E-state index in [1.54, 1.807) is 6.20 Å². The highest BCUT2D eigenvalue weighted by Gasteiger charge is 2.31. The lowest BCUT2D eigenvalue weighted by atomic mass is 10.1. The van der Waals surface area contributed by atoms with Crippen molar-refractivity contribution < 1.29 is 0 Å². The number of hydrogen-bond acceptors (Lipinski definition) is 5. The average Bonchev–Trinajstić information content (AvgIpc) is 2.86. The highest BCUT2D eigenvalue weighted by molar-refractivity contribution is 6.32. The van der Waals surface area contributed by atoms with Crippen LogP contribution < -0.4 is 10.2 Å². The van der Waals surface area contributed by atoms with Crippen molar-refractivity contribution in [2.45, 2.75) is 18.9 Å². The van der Waals surface area contributed by atoms with Crippen LogP contribution in [0.2, 0.25) is 5.02 Å². The molecule has 0 amide bonds. The Morgan fingerprint density at radius 2 is 2.28 bits per heavy atom. The molecule has 0 saturated carbocycles. The molecule has 0 aromatic carbocycles. The number of piperazine rings is 1. The molecule has 2 fully saturated rings. The van der Waals surface area contributed by atoms with Crippen molar-refractivity contribution in [2.75, 3.05) is 43.4 Å². The number of nitrogens with one attached hydrogen (secondary N) is 1. The van der Waals surface area contributed by atoms with E-state index < -0.39 is 0 Å². The Morgan fingerprint density at radius 1 is 1.39 bits per heavy atom. The van der Waals surface area contributed by atoms with Gasteiger partial charge in [-0.05, 0) is 19.4 Å². The summed E-state index contributed by atoms with van der Waals surface area (Å²) in [5.41, 5.74) is 0. The highest BCUT2D eigenvalue weighted by atomic mass is 35.5. The Bertz CT molecular complexity index is 438. The first-order valence-electron chi connectivity index (χ1n) is 6.47. The molecule has 1 aromatic heterocycles. The lowest BCUT2D eigenvalue weighted by Crippen LogP contribution is -2.50. The number of nitrogens with zero attached hydrogens (tertiary/aromatic N) is 4. The third-order valence-corrected chi connectivity index (χ3v) is 4.10. The zero-order chi connectivity index (χ0) is 12.5. The van der Waals surface area contributed by atoms with Gasteiger partial charge >= 0.3 is 0 Å². The first kappa shape index (κ1) is 12.0. The van der Waals surface area contributed by atoms with Crippen LogP contribution >= 0.6 is 11.6 Å². The summed E-state index contributed by atoms with van der Waals surface area (Å²) >= 11 is 6.22. The summed E-state index contributed by atoms with van der Waals surface area (Å²) in [4.78, 5) is 13.5. The standard InChI is InChI=1S/C12H18ClN5/c1-14-12-15-7-10(13)11(16-12)18-6-5-17-4-2-3-9(17)8-18/h7,9H,2-6,8H2,1H3,(H,14,15,16). The van der Waals surface area contributed by atoms with Crippen LogP contribution in [-0.4, -0.2) is 54.1 Å². The average molecular weight is 268 g/mol. The maximum absolute atomic E-state index is 6.22. The van der Waals surface area contributed by atoms with Gasteiger partial charge in [-0.15, -0.1) is 0 Å². The SMILES string of the molecule is CNc1ncc(Cl)c(N2CCN3CCCC3C2)n1. The summed E-state index contributed by atoms with van der Waals surface area (Å²) in [6.45, 7) is 4.38. The van der Waals surface area contributed by atoms with Crippen molar-refractivity contribution in [3.05, 3.63) is 11.2 Å². The monoisotopic (exact) mass is 267 g/mol. The van der Waals surface area contributed by atoms with Crippen molar-refractivity contribution in [1.29, 1.82) is 0 Å². The second-order valence-corrected chi connectivity index (χ2v) is 5.30. The molecule has 98 valence electrons. The lowest BCUT2D eigenvalue weighted by Gasteiger charge is -2.38. The highest BCUT2D eigenvalue weighted by Crippen LogP contribution is 2.28. The fourth-order valence-electron chi connectivity index (χ4n) is 2.88. The largest absolute Gasteiger partial charge is 0.357 e. The number of anilines is 2. The van der Waals surface area contributed by atoms with E-state index in [9.17, 15) is 0 Å². The Kier molecular flexibility index (Phi) is 3.26. The Morgan fingerprint density at radius 3 is 3.11 bits per heavy atom. The fraction of sp³-hybridized carbons (Fsp3) is 0.667. The van der Waals surface area contributed by atoms with Gasteiger partial charge in [0, 0.05) is 32.7 Å². The number of aromatic nitrogens is 2. The van der Waals surface area contributed by atoms with Gasteiger partial charge in [-0.2, -0.15) is 4.98 Å². The van der Waals surface area contributed by atoms with Crippen LogP contribution in [-0.2, 0) is 0 Å². The predicted molar refractivity (Wildman–Crippen MR) is 73.4 cm³/mol. The molecule has 1 aromatic rings. The van der Waals surface area contributed by atoms with Crippen LogP contribution in [0.3, 0.4) is 0 Å². The van der Waals surface area contributed by atoms with Crippen molar-refractivity contribution in [3.8, 4) is 0 Å². The van der Waals surface area contributed by atoms with E-state index in [0.717, 1.165) is 25.5 Å². The maximum Gasteiger partial charge on any atom is 0.224 e. The third-order valence-electron chi connectivity index (χ3n) is 3.84. The molecule has 5 nitrogen and oxygen atoms in total. The maximum atomic E-state index is 6.22. The van der Waals surface area contributed by atoms with E-state index >= 15 is 0 Å². The molecule has 1 atom stereocenters. The van der Waals surface area contributed by atoms with Crippen LogP contribution in [0.15, 0.2) is 6.20 Å². The van der Waals surface area contributed by atoms with Crippen molar-refractivity contribution in [2.24, 2.45) is 0 Å². The van der Waals surface area contributed by atoms with Crippen LogP contribution in [0.25, 0.3) is 0 Å². The number of halogens is 1. The molecule has 0 aliphatic carbocycles. The normalized spacial score (nSPS) is 24.1. The van der Waals surface area contributed by atoms with Crippen molar-refractivity contribution >= 4 is 23.4 Å². The Hall–Kier alpha value is -1.07. The van der Waals surface area contributed by atoms with Crippen LogP contribution in [0.4, 0.5) is 11.8 Å². The molecule has 0 spiro atoms. The summed E-state index contributed by atoms with van der Waals surface area (Å²) < 4.78 is 0. The molecule has 2 aliphatic heterocycles. The van der Waals surface area contributed by atoms with Gasteiger partial charge in [0.05, 0.1) is 6.20 Å². The van der Waals surface area contributed by atoms with Crippen LogP contribution in [0.1, 0.15) is 12.8 Å². The first-order chi connectivity index (χ1) is 8.78. The summed E-state index contributed by atoms with van der Waals surface area (Å²) in [5.74, 6) is 1.49.